The maximum absolute atomic E-state index is 12.2. The van der Waals surface area contributed by atoms with Gasteiger partial charge >= 0.3 is 0 Å². The fourth-order valence-corrected chi connectivity index (χ4v) is 2.50. The van der Waals surface area contributed by atoms with E-state index in [1.165, 1.54) is 0 Å². The fourth-order valence-electron chi connectivity index (χ4n) is 2.10. The molecule has 2 aromatic heterocycles. The van der Waals surface area contributed by atoms with Crippen molar-refractivity contribution in [3.8, 4) is 0 Å². The Morgan fingerprint density at radius 1 is 1.08 bits per heavy atom. The highest BCUT2D eigenvalue weighted by atomic mass is 79.9. The zero-order chi connectivity index (χ0) is 16.8. The Bertz CT molecular complexity index is 822. The number of carbonyl (C=O) groups is 1. The molecular weight excluding hydrogens is 368 g/mol. The molecule has 3 rings (SSSR count). The van der Waals surface area contributed by atoms with E-state index in [-0.39, 0.29) is 5.91 Å². The van der Waals surface area contributed by atoms with Crippen LogP contribution in [0.5, 0.6) is 0 Å². The molecule has 0 bridgehead atoms. The highest BCUT2D eigenvalue weighted by molar-refractivity contribution is 9.10. The van der Waals surface area contributed by atoms with Gasteiger partial charge in [-0.3, -0.25) is 9.78 Å². The average Bonchev–Trinajstić information content (AvgIpc) is 2.61. The van der Waals surface area contributed by atoms with E-state index < -0.39 is 0 Å². The molecule has 1 amide bonds. The van der Waals surface area contributed by atoms with Crippen molar-refractivity contribution in [3.05, 3.63) is 82.7 Å². The van der Waals surface area contributed by atoms with Gasteiger partial charge in [-0.05, 0) is 42.0 Å². The van der Waals surface area contributed by atoms with Crippen molar-refractivity contribution in [2.24, 2.45) is 0 Å². The number of amides is 1. The van der Waals surface area contributed by atoms with Crippen LogP contribution in [0.2, 0.25) is 0 Å². The summed E-state index contributed by atoms with van der Waals surface area (Å²) in [6, 6.07) is 14.8. The van der Waals surface area contributed by atoms with Crippen LogP contribution in [0.25, 0.3) is 0 Å². The largest absolute Gasteiger partial charge is 0.366 e. The first kappa shape index (κ1) is 16.1. The summed E-state index contributed by atoms with van der Waals surface area (Å²) in [6.07, 6.45) is 5.09. The third kappa shape index (κ3) is 4.39. The summed E-state index contributed by atoms with van der Waals surface area (Å²) in [5.74, 6) is 0.511. The van der Waals surface area contributed by atoms with Gasteiger partial charge in [0.05, 0.1) is 5.56 Å². The van der Waals surface area contributed by atoms with Gasteiger partial charge in [-0.2, -0.15) is 0 Å². The van der Waals surface area contributed by atoms with Crippen molar-refractivity contribution in [1.82, 2.24) is 9.97 Å². The summed E-state index contributed by atoms with van der Waals surface area (Å²) >= 11 is 3.38. The summed E-state index contributed by atoms with van der Waals surface area (Å²) in [7, 11) is 0. The SMILES string of the molecule is O=C(Nc1cccc(Br)c1)c1ccc(NCc2cccnc2)nc1. The third-order valence-electron chi connectivity index (χ3n) is 3.30. The normalized spacial score (nSPS) is 10.2. The first-order chi connectivity index (χ1) is 11.7. The van der Waals surface area contributed by atoms with Gasteiger partial charge in [0.25, 0.3) is 5.91 Å². The second kappa shape index (κ2) is 7.70. The van der Waals surface area contributed by atoms with E-state index in [0.717, 1.165) is 15.7 Å². The summed E-state index contributed by atoms with van der Waals surface area (Å²) in [6.45, 7) is 0.629. The van der Waals surface area contributed by atoms with E-state index in [4.69, 9.17) is 0 Å². The molecule has 0 atom stereocenters. The number of nitrogens with zero attached hydrogens (tertiary/aromatic N) is 2. The molecule has 3 aromatic rings. The first-order valence-electron chi connectivity index (χ1n) is 7.36. The summed E-state index contributed by atoms with van der Waals surface area (Å²) in [4.78, 5) is 20.6. The van der Waals surface area contributed by atoms with Crippen molar-refractivity contribution in [2.75, 3.05) is 10.6 Å². The average molecular weight is 383 g/mol. The van der Waals surface area contributed by atoms with Crippen molar-refractivity contribution in [2.45, 2.75) is 6.54 Å². The second-order valence-electron chi connectivity index (χ2n) is 5.11. The van der Waals surface area contributed by atoms with Crippen LogP contribution in [0.3, 0.4) is 0 Å². The van der Waals surface area contributed by atoms with Gasteiger partial charge in [-0.25, -0.2) is 4.98 Å². The second-order valence-corrected chi connectivity index (χ2v) is 6.03. The van der Waals surface area contributed by atoms with Crippen LogP contribution in [-0.2, 0) is 6.54 Å². The van der Waals surface area contributed by atoms with Crippen LogP contribution < -0.4 is 10.6 Å². The van der Waals surface area contributed by atoms with E-state index in [1.54, 1.807) is 30.7 Å². The molecule has 5 nitrogen and oxygen atoms in total. The quantitative estimate of drug-likeness (QED) is 0.696. The lowest BCUT2D eigenvalue weighted by molar-refractivity contribution is 0.102. The Morgan fingerprint density at radius 2 is 2.00 bits per heavy atom. The molecule has 24 heavy (non-hydrogen) atoms. The third-order valence-corrected chi connectivity index (χ3v) is 3.80. The maximum Gasteiger partial charge on any atom is 0.257 e. The topological polar surface area (TPSA) is 66.9 Å². The highest BCUT2D eigenvalue weighted by Crippen LogP contribution is 2.16. The maximum atomic E-state index is 12.2. The molecule has 0 saturated carbocycles. The summed E-state index contributed by atoms with van der Waals surface area (Å²) in [5, 5.41) is 6.03. The van der Waals surface area contributed by atoms with E-state index in [0.29, 0.717) is 17.9 Å². The number of pyridine rings is 2. The molecule has 1 aromatic carbocycles. The number of anilines is 2. The van der Waals surface area contributed by atoms with Gasteiger partial charge in [0.1, 0.15) is 5.82 Å². The van der Waals surface area contributed by atoms with Gasteiger partial charge in [-0.15, -0.1) is 0 Å². The predicted octanol–water partition coefficient (Wildman–Crippen LogP) is 4.10. The van der Waals surface area contributed by atoms with E-state index in [2.05, 4.69) is 36.5 Å². The molecule has 0 aliphatic rings. The Morgan fingerprint density at radius 3 is 2.71 bits per heavy atom. The number of rotatable bonds is 5. The van der Waals surface area contributed by atoms with E-state index >= 15 is 0 Å². The minimum Gasteiger partial charge on any atom is -0.366 e. The van der Waals surface area contributed by atoms with E-state index in [1.807, 2.05) is 36.4 Å². The highest BCUT2D eigenvalue weighted by Gasteiger charge is 2.07. The van der Waals surface area contributed by atoms with Crippen molar-refractivity contribution in [1.29, 1.82) is 0 Å². The smallest absolute Gasteiger partial charge is 0.257 e. The minimum absolute atomic E-state index is 0.195. The van der Waals surface area contributed by atoms with Crippen LogP contribution in [0, 0.1) is 0 Å². The standard InChI is InChI=1S/C18H15BrN4O/c19-15-4-1-5-16(9-15)23-18(24)14-6-7-17(22-12-14)21-11-13-3-2-8-20-10-13/h1-10,12H,11H2,(H,21,22)(H,23,24). The zero-order valence-electron chi connectivity index (χ0n) is 12.7. The molecule has 2 N–H and O–H groups in total. The molecule has 0 spiro atoms. The number of carbonyl (C=O) groups excluding carboxylic acids is 1. The molecule has 2 heterocycles. The van der Waals surface area contributed by atoms with Crippen LogP contribution in [0.4, 0.5) is 11.5 Å². The van der Waals surface area contributed by atoms with Crippen LogP contribution >= 0.6 is 15.9 Å². The van der Waals surface area contributed by atoms with Gasteiger partial charge in [0.15, 0.2) is 0 Å². The fraction of sp³-hybridized carbons (Fsp3) is 0.0556. The summed E-state index contributed by atoms with van der Waals surface area (Å²) < 4.78 is 0.911. The Kier molecular flexibility index (Phi) is 5.18. The molecule has 0 aliphatic carbocycles. The summed E-state index contributed by atoms with van der Waals surface area (Å²) in [5.41, 5.74) is 2.30. The van der Waals surface area contributed by atoms with Crippen molar-refractivity contribution >= 4 is 33.3 Å². The number of benzene rings is 1. The molecule has 120 valence electrons. The minimum atomic E-state index is -0.195. The van der Waals surface area contributed by atoms with Gasteiger partial charge in [0, 0.05) is 35.3 Å². The van der Waals surface area contributed by atoms with Gasteiger partial charge < -0.3 is 10.6 Å². The number of hydrogen-bond donors (Lipinski definition) is 2. The Labute approximate surface area is 148 Å². The first-order valence-corrected chi connectivity index (χ1v) is 8.16. The molecule has 0 fully saturated rings. The molecule has 0 aliphatic heterocycles. The lowest BCUT2D eigenvalue weighted by Gasteiger charge is -2.08. The van der Waals surface area contributed by atoms with Crippen LogP contribution in [0.1, 0.15) is 15.9 Å². The number of halogens is 1. The van der Waals surface area contributed by atoms with Crippen molar-refractivity contribution < 1.29 is 4.79 Å². The molecule has 6 heteroatoms. The number of hydrogen-bond acceptors (Lipinski definition) is 4. The number of nitrogens with one attached hydrogen (secondary N) is 2. The monoisotopic (exact) mass is 382 g/mol. The predicted molar refractivity (Wildman–Crippen MR) is 97.9 cm³/mol. The number of aromatic nitrogens is 2. The van der Waals surface area contributed by atoms with E-state index in [9.17, 15) is 4.79 Å². The lowest BCUT2D eigenvalue weighted by atomic mass is 10.2. The molecule has 0 radical (unpaired) electrons. The van der Waals surface area contributed by atoms with Gasteiger partial charge in [-0.1, -0.05) is 28.1 Å². The van der Waals surface area contributed by atoms with Gasteiger partial charge in [0.2, 0.25) is 0 Å². The molecule has 0 unspecified atom stereocenters. The Balaban J connectivity index is 1.60. The zero-order valence-corrected chi connectivity index (χ0v) is 14.3. The van der Waals surface area contributed by atoms with Crippen LogP contribution in [0.15, 0.2) is 71.6 Å². The van der Waals surface area contributed by atoms with Crippen LogP contribution in [-0.4, -0.2) is 15.9 Å². The molecule has 0 saturated heterocycles. The van der Waals surface area contributed by atoms with Crippen molar-refractivity contribution in [3.63, 3.8) is 0 Å². The lowest BCUT2D eigenvalue weighted by Crippen LogP contribution is -2.12. The molecular formula is C18H15BrN4O. The Hall–Kier alpha value is -2.73.